The summed E-state index contributed by atoms with van der Waals surface area (Å²) in [5.41, 5.74) is 6.41. The van der Waals surface area contributed by atoms with Crippen molar-refractivity contribution in [1.29, 1.82) is 0 Å². The average Bonchev–Trinajstić information content (AvgIpc) is 2.26. The molecule has 2 rings (SSSR count). The number of nitrogen functional groups attached to an aromatic ring is 1. The van der Waals surface area contributed by atoms with Gasteiger partial charge < -0.3 is 15.4 Å². The van der Waals surface area contributed by atoms with Crippen molar-refractivity contribution in [2.45, 2.75) is 26.2 Å². The van der Waals surface area contributed by atoms with E-state index < -0.39 is 0 Å². The van der Waals surface area contributed by atoms with Crippen LogP contribution in [0, 0.1) is 5.92 Å². The highest BCUT2D eigenvalue weighted by Gasteiger charge is 2.20. The molecule has 1 heterocycles. The highest BCUT2D eigenvalue weighted by Crippen LogP contribution is 2.29. The van der Waals surface area contributed by atoms with Crippen molar-refractivity contribution < 1.29 is 4.74 Å². The molecule has 0 spiro atoms. The van der Waals surface area contributed by atoms with E-state index in [1.54, 1.807) is 0 Å². The van der Waals surface area contributed by atoms with E-state index in [9.17, 15) is 0 Å². The summed E-state index contributed by atoms with van der Waals surface area (Å²) in [6, 6.07) is 3.82. The number of hydrogen-bond donors (Lipinski definition) is 1. The van der Waals surface area contributed by atoms with E-state index in [2.05, 4.69) is 16.9 Å². The van der Waals surface area contributed by atoms with E-state index >= 15 is 0 Å². The van der Waals surface area contributed by atoms with Gasteiger partial charge in [0.2, 0.25) is 5.88 Å². The zero-order valence-corrected chi connectivity index (χ0v) is 10.6. The van der Waals surface area contributed by atoms with Gasteiger partial charge in [0.15, 0.2) is 0 Å². The largest absolute Gasteiger partial charge is 0.476 e. The predicted octanol–water partition coefficient (Wildman–Crippen LogP) is 2.30. The summed E-state index contributed by atoms with van der Waals surface area (Å²) in [7, 11) is 2.08. The standard InChI is InChI=1S/C13H21N3O/c1-3-17-13-11(14)7-8-12(15-13)16(2)9-10-5-4-6-10/h7-8,10H,3-6,9,14H2,1-2H3. The fraction of sp³-hybridized carbons (Fsp3) is 0.615. The number of pyridine rings is 1. The third kappa shape index (κ3) is 2.81. The molecule has 0 aromatic carbocycles. The van der Waals surface area contributed by atoms with Gasteiger partial charge in [0.1, 0.15) is 5.82 Å². The molecule has 0 aliphatic heterocycles. The molecule has 0 saturated heterocycles. The van der Waals surface area contributed by atoms with Gasteiger partial charge in [-0.3, -0.25) is 0 Å². The van der Waals surface area contributed by atoms with Crippen molar-refractivity contribution in [2.24, 2.45) is 5.92 Å². The molecule has 1 saturated carbocycles. The summed E-state index contributed by atoms with van der Waals surface area (Å²) < 4.78 is 5.41. The first kappa shape index (κ1) is 12.0. The van der Waals surface area contributed by atoms with Gasteiger partial charge in [0.05, 0.1) is 12.3 Å². The maximum atomic E-state index is 5.81. The number of nitrogens with zero attached hydrogens (tertiary/aromatic N) is 2. The summed E-state index contributed by atoms with van der Waals surface area (Å²) in [5.74, 6) is 2.31. The van der Waals surface area contributed by atoms with Crippen molar-refractivity contribution in [3.63, 3.8) is 0 Å². The molecular formula is C13H21N3O. The molecule has 4 heteroatoms. The summed E-state index contributed by atoms with van der Waals surface area (Å²) in [4.78, 5) is 6.64. The maximum Gasteiger partial charge on any atom is 0.239 e. The minimum absolute atomic E-state index is 0.547. The number of ether oxygens (including phenoxy) is 1. The smallest absolute Gasteiger partial charge is 0.239 e. The second-order valence-electron chi connectivity index (χ2n) is 4.67. The van der Waals surface area contributed by atoms with Crippen molar-refractivity contribution in [1.82, 2.24) is 4.98 Å². The third-order valence-corrected chi connectivity index (χ3v) is 3.30. The molecule has 2 N–H and O–H groups in total. The van der Waals surface area contributed by atoms with Gasteiger partial charge in [-0.1, -0.05) is 6.42 Å². The first-order valence-electron chi connectivity index (χ1n) is 6.31. The van der Waals surface area contributed by atoms with E-state index in [1.807, 2.05) is 19.1 Å². The number of rotatable bonds is 5. The predicted molar refractivity (Wildman–Crippen MR) is 70.4 cm³/mol. The summed E-state index contributed by atoms with van der Waals surface area (Å²) in [5, 5.41) is 0. The van der Waals surface area contributed by atoms with Crippen LogP contribution in [0.4, 0.5) is 11.5 Å². The Morgan fingerprint density at radius 3 is 2.82 bits per heavy atom. The number of anilines is 2. The van der Waals surface area contributed by atoms with Crippen molar-refractivity contribution in [2.75, 3.05) is 30.8 Å². The van der Waals surface area contributed by atoms with E-state index in [1.165, 1.54) is 19.3 Å². The van der Waals surface area contributed by atoms with Crippen LogP contribution in [0.15, 0.2) is 12.1 Å². The molecule has 17 heavy (non-hydrogen) atoms. The Morgan fingerprint density at radius 2 is 2.24 bits per heavy atom. The Bertz CT molecular complexity index is 377. The summed E-state index contributed by atoms with van der Waals surface area (Å²) >= 11 is 0. The molecule has 1 fully saturated rings. The lowest BCUT2D eigenvalue weighted by Crippen LogP contribution is -2.29. The first-order chi connectivity index (χ1) is 8.20. The molecule has 4 nitrogen and oxygen atoms in total. The average molecular weight is 235 g/mol. The first-order valence-corrected chi connectivity index (χ1v) is 6.31. The van der Waals surface area contributed by atoms with Gasteiger partial charge in [-0.05, 0) is 37.8 Å². The van der Waals surface area contributed by atoms with Gasteiger partial charge in [-0.2, -0.15) is 4.98 Å². The van der Waals surface area contributed by atoms with E-state index in [-0.39, 0.29) is 0 Å². The monoisotopic (exact) mass is 235 g/mol. The molecule has 0 amide bonds. The molecule has 94 valence electrons. The van der Waals surface area contributed by atoms with Crippen LogP contribution in [0.2, 0.25) is 0 Å². The fourth-order valence-electron chi connectivity index (χ4n) is 2.06. The second kappa shape index (κ2) is 5.25. The Morgan fingerprint density at radius 1 is 1.47 bits per heavy atom. The molecule has 0 unspecified atom stereocenters. The van der Waals surface area contributed by atoms with Crippen LogP contribution in [-0.2, 0) is 0 Å². The van der Waals surface area contributed by atoms with Crippen LogP contribution < -0.4 is 15.4 Å². The van der Waals surface area contributed by atoms with E-state index in [0.717, 1.165) is 18.3 Å². The van der Waals surface area contributed by atoms with Gasteiger partial charge in [0.25, 0.3) is 0 Å². The molecule has 1 aliphatic carbocycles. The van der Waals surface area contributed by atoms with E-state index in [0.29, 0.717) is 18.2 Å². The third-order valence-electron chi connectivity index (χ3n) is 3.30. The highest BCUT2D eigenvalue weighted by molar-refractivity contribution is 5.54. The number of nitrogens with two attached hydrogens (primary N) is 1. The van der Waals surface area contributed by atoms with Crippen LogP contribution in [0.3, 0.4) is 0 Å². The fourth-order valence-corrected chi connectivity index (χ4v) is 2.06. The van der Waals surface area contributed by atoms with Crippen molar-refractivity contribution in [3.05, 3.63) is 12.1 Å². The topological polar surface area (TPSA) is 51.4 Å². The number of aromatic nitrogens is 1. The zero-order valence-electron chi connectivity index (χ0n) is 10.6. The van der Waals surface area contributed by atoms with Crippen LogP contribution in [0.5, 0.6) is 5.88 Å². The van der Waals surface area contributed by atoms with Gasteiger partial charge >= 0.3 is 0 Å². The highest BCUT2D eigenvalue weighted by atomic mass is 16.5. The van der Waals surface area contributed by atoms with Crippen LogP contribution in [-0.4, -0.2) is 25.2 Å². The van der Waals surface area contributed by atoms with Crippen molar-refractivity contribution >= 4 is 11.5 Å². The lowest BCUT2D eigenvalue weighted by atomic mass is 9.85. The Labute approximate surface area is 103 Å². The Kier molecular flexibility index (Phi) is 3.71. The molecular weight excluding hydrogens is 214 g/mol. The van der Waals surface area contributed by atoms with Crippen LogP contribution in [0.1, 0.15) is 26.2 Å². The number of hydrogen-bond acceptors (Lipinski definition) is 4. The van der Waals surface area contributed by atoms with Gasteiger partial charge in [-0.25, -0.2) is 0 Å². The van der Waals surface area contributed by atoms with Gasteiger partial charge in [-0.15, -0.1) is 0 Å². The Balaban J connectivity index is 2.05. The molecule has 1 aromatic rings. The molecule has 0 bridgehead atoms. The minimum atomic E-state index is 0.547. The lowest BCUT2D eigenvalue weighted by molar-refractivity contribution is 0.318. The molecule has 1 aromatic heterocycles. The zero-order chi connectivity index (χ0) is 12.3. The molecule has 0 atom stereocenters. The minimum Gasteiger partial charge on any atom is -0.476 e. The SMILES string of the molecule is CCOc1nc(N(C)CC2CCC2)ccc1N. The quantitative estimate of drug-likeness (QED) is 0.850. The lowest BCUT2D eigenvalue weighted by Gasteiger charge is -2.30. The normalized spacial score (nSPS) is 15.4. The molecule has 1 aliphatic rings. The summed E-state index contributed by atoms with van der Waals surface area (Å²) in [6.07, 6.45) is 4.06. The van der Waals surface area contributed by atoms with E-state index in [4.69, 9.17) is 10.5 Å². The Hall–Kier alpha value is -1.45. The summed E-state index contributed by atoms with van der Waals surface area (Å²) in [6.45, 7) is 3.60. The van der Waals surface area contributed by atoms with Crippen LogP contribution >= 0.6 is 0 Å². The maximum absolute atomic E-state index is 5.81. The molecule has 0 radical (unpaired) electrons. The van der Waals surface area contributed by atoms with Crippen LogP contribution in [0.25, 0.3) is 0 Å². The van der Waals surface area contributed by atoms with Crippen molar-refractivity contribution in [3.8, 4) is 5.88 Å². The second-order valence-corrected chi connectivity index (χ2v) is 4.67. The van der Waals surface area contributed by atoms with Gasteiger partial charge in [0, 0.05) is 13.6 Å².